The molecule has 0 saturated carbocycles. The number of esters is 4. The van der Waals surface area contributed by atoms with E-state index < -0.39 is 97.5 Å². The van der Waals surface area contributed by atoms with Gasteiger partial charge in [-0.1, -0.05) is 370 Å². The summed E-state index contributed by atoms with van der Waals surface area (Å²) in [6.07, 6.45) is 59.7. The summed E-state index contributed by atoms with van der Waals surface area (Å²) in [5, 5.41) is 10.6. The molecule has 3 N–H and O–H groups in total. The number of rotatable bonds is 79. The summed E-state index contributed by atoms with van der Waals surface area (Å²) in [4.78, 5) is 72.9. The Bertz CT molecular complexity index is 1940. The lowest BCUT2D eigenvalue weighted by Gasteiger charge is -2.21. The zero-order chi connectivity index (χ0) is 73.7. The van der Waals surface area contributed by atoms with Gasteiger partial charge >= 0.3 is 39.5 Å². The molecule has 594 valence electrons. The van der Waals surface area contributed by atoms with E-state index in [0.29, 0.717) is 25.7 Å². The number of phosphoric ester groups is 2. The van der Waals surface area contributed by atoms with Gasteiger partial charge in [-0.2, -0.15) is 0 Å². The maximum Gasteiger partial charge on any atom is 0.472 e. The highest BCUT2D eigenvalue weighted by atomic mass is 31.2. The highest BCUT2D eigenvalue weighted by Gasteiger charge is 2.30. The van der Waals surface area contributed by atoms with Crippen molar-refractivity contribution in [3.8, 4) is 0 Å². The van der Waals surface area contributed by atoms with Crippen LogP contribution in [0, 0.1) is 17.8 Å². The van der Waals surface area contributed by atoms with Gasteiger partial charge in [0.25, 0.3) is 0 Å². The topological polar surface area (TPSA) is 237 Å². The minimum Gasteiger partial charge on any atom is -0.462 e. The van der Waals surface area contributed by atoms with E-state index in [1.165, 1.54) is 231 Å². The molecule has 0 aromatic rings. The Balaban J connectivity index is 5.21. The SMILES string of the molecule is CCCCCCCCCCCC(=O)OC[C@H](COP(=O)(O)OC[C@H](O)COP(=O)(O)OC[C@@H](COC(=O)CCCCCCCCCCCCCCCCCC(C)C)OC(=O)CCCCCCCCCCCCCCCCCCCCC(C)C)OC(=O)CCCCCCCCCCC(C)CC. The van der Waals surface area contributed by atoms with Crippen LogP contribution in [-0.2, 0) is 65.4 Å². The highest BCUT2D eigenvalue weighted by Crippen LogP contribution is 2.45. The van der Waals surface area contributed by atoms with Gasteiger partial charge in [0.05, 0.1) is 26.4 Å². The molecule has 17 nitrogen and oxygen atoms in total. The average molecular weight is 1470 g/mol. The van der Waals surface area contributed by atoms with Gasteiger partial charge in [0.2, 0.25) is 0 Å². The fourth-order valence-corrected chi connectivity index (χ4v) is 14.0. The lowest BCUT2D eigenvalue weighted by Crippen LogP contribution is -2.30. The van der Waals surface area contributed by atoms with Crippen molar-refractivity contribution in [2.24, 2.45) is 17.8 Å². The van der Waals surface area contributed by atoms with Crippen molar-refractivity contribution in [2.75, 3.05) is 39.6 Å². The Morgan fingerprint density at radius 1 is 0.290 bits per heavy atom. The Hall–Kier alpha value is -1.94. The molecule has 0 bridgehead atoms. The van der Waals surface area contributed by atoms with Crippen LogP contribution >= 0.6 is 15.6 Å². The van der Waals surface area contributed by atoms with Crippen LogP contribution in [-0.4, -0.2) is 96.7 Å². The van der Waals surface area contributed by atoms with Crippen LogP contribution in [0.5, 0.6) is 0 Å². The number of aliphatic hydroxyl groups is 1. The van der Waals surface area contributed by atoms with Gasteiger partial charge in [0, 0.05) is 25.7 Å². The number of phosphoric acid groups is 2. The van der Waals surface area contributed by atoms with Crippen LogP contribution in [0.25, 0.3) is 0 Å². The van der Waals surface area contributed by atoms with Crippen molar-refractivity contribution < 1.29 is 80.2 Å². The van der Waals surface area contributed by atoms with E-state index in [4.69, 9.17) is 37.0 Å². The number of hydrogen-bond acceptors (Lipinski definition) is 15. The largest absolute Gasteiger partial charge is 0.472 e. The van der Waals surface area contributed by atoms with Gasteiger partial charge < -0.3 is 33.8 Å². The monoisotopic (exact) mass is 1470 g/mol. The molecule has 0 aliphatic carbocycles. The fourth-order valence-electron chi connectivity index (χ4n) is 12.5. The predicted molar refractivity (Wildman–Crippen MR) is 409 cm³/mol. The number of ether oxygens (including phenoxy) is 4. The summed E-state index contributed by atoms with van der Waals surface area (Å²) in [6, 6.07) is 0. The second-order valence-corrected chi connectivity index (χ2v) is 33.3. The second kappa shape index (κ2) is 71.3. The Kier molecular flexibility index (Phi) is 69.9. The molecule has 0 aromatic carbocycles. The van der Waals surface area contributed by atoms with Crippen molar-refractivity contribution >= 4 is 39.5 Å². The van der Waals surface area contributed by atoms with Gasteiger partial charge in [-0.05, 0) is 43.4 Å². The van der Waals surface area contributed by atoms with Gasteiger partial charge in [0.1, 0.15) is 19.3 Å². The molecular formula is C81H158O17P2. The molecule has 0 amide bonds. The Labute approximate surface area is 613 Å². The third-order valence-corrected chi connectivity index (χ3v) is 21.1. The quantitative estimate of drug-likeness (QED) is 0.0222. The van der Waals surface area contributed by atoms with E-state index in [2.05, 4.69) is 48.5 Å². The van der Waals surface area contributed by atoms with Crippen molar-refractivity contribution in [1.82, 2.24) is 0 Å². The number of aliphatic hydroxyl groups excluding tert-OH is 1. The lowest BCUT2D eigenvalue weighted by molar-refractivity contribution is -0.161. The molecule has 100 heavy (non-hydrogen) atoms. The average Bonchev–Trinajstić information content (AvgIpc) is 0.967. The van der Waals surface area contributed by atoms with Gasteiger partial charge in [-0.15, -0.1) is 0 Å². The van der Waals surface area contributed by atoms with Crippen molar-refractivity contribution in [3.63, 3.8) is 0 Å². The van der Waals surface area contributed by atoms with Crippen LogP contribution in [0.15, 0.2) is 0 Å². The summed E-state index contributed by atoms with van der Waals surface area (Å²) in [5.74, 6) is 0.283. The third-order valence-electron chi connectivity index (χ3n) is 19.2. The first-order chi connectivity index (χ1) is 48.3. The first kappa shape index (κ1) is 98.1. The molecule has 3 unspecified atom stereocenters. The lowest BCUT2D eigenvalue weighted by atomic mass is 9.99. The molecule has 0 rings (SSSR count). The molecule has 0 spiro atoms. The number of hydrogen-bond donors (Lipinski definition) is 3. The summed E-state index contributed by atoms with van der Waals surface area (Å²) in [6.45, 7) is 12.0. The summed E-state index contributed by atoms with van der Waals surface area (Å²) in [5.41, 5.74) is 0. The molecule has 0 aromatic heterocycles. The maximum atomic E-state index is 13.1. The molecule has 6 atom stereocenters. The number of carbonyl (C=O) groups is 4. The van der Waals surface area contributed by atoms with Crippen LogP contribution in [0.2, 0.25) is 0 Å². The van der Waals surface area contributed by atoms with Crippen molar-refractivity contribution in [1.29, 1.82) is 0 Å². The summed E-state index contributed by atoms with van der Waals surface area (Å²) < 4.78 is 68.6. The first-order valence-electron chi connectivity index (χ1n) is 41.9. The molecule has 19 heteroatoms. The van der Waals surface area contributed by atoms with Crippen LogP contribution < -0.4 is 0 Å². The molecular weight excluding hydrogens is 1310 g/mol. The Morgan fingerprint density at radius 2 is 0.510 bits per heavy atom. The number of unbranched alkanes of at least 4 members (excludes halogenated alkanes) is 46. The van der Waals surface area contributed by atoms with E-state index >= 15 is 0 Å². The van der Waals surface area contributed by atoms with E-state index in [1.54, 1.807) is 0 Å². The second-order valence-electron chi connectivity index (χ2n) is 30.4. The van der Waals surface area contributed by atoms with Crippen LogP contribution in [0.4, 0.5) is 0 Å². The van der Waals surface area contributed by atoms with E-state index in [-0.39, 0.29) is 25.7 Å². The van der Waals surface area contributed by atoms with Gasteiger partial charge in [-0.25, -0.2) is 9.13 Å². The minimum atomic E-state index is -4.96. The molecule has 0 fully saturated rings. The zero-order valence-corrected chi connectivity index (χ0v) is 67.5. The summed E-state index contributed by atoms with van der Waals surface area (Å²) >= 11 is 0. The maximum absolute atomic E-state index is 13.1. The Morgan fingerprint density at radius 3 is 0.760 bits per heavy atom. The van der Waals surface area contributed by atoms with Crippen LogP contribution in [0.1, 0.15) is 421 Å². The van der Waals surface area contributed by atoms with Crippen molar-refractivity contribution in [2.45, 2.75) is 439 Å². The predicted octanol–water partition coefficient (Wildman–Crippen LogP) is 24.1. The molecule has 0 aliphatic rings. The van der Waals surface area contributed by atoms with Gasteiger partial charge in [0.15, 0.2) is 12.2 Å². The van der Waals surface area contributed by atoms with E-state index in [0.717, 1.165) is 108 Å². The van der Waals surface area contributed by atoms with Crippen molar-refractivity contribution in [3.05, 3.63) is 0 Å². The third kappa shape index (κ3) is 73.0. The normalized spacial score (nSPS) is 14.2. The van der Waals surface area contributed by atoms with E-state index in [1.807, 2.05) is 0 Å². The van der Waals surface area contributed by atoms with Gasteiger partial charge in [-0.3, -0.25) is 37.3 Å². The van der Waals surface area contributed by atoms with Crippen LogP contribution in [0.3, 0.4) is 0 Å². The first-order valence-corrected chi connectivity index (χ1v) is 44.9. The fraction of sp³-hybridized carbons (Fsp3) is 0.951. The minimum absolute atomic E-state index is 0.105. The van der Waals surface area contributed by atoms with E-state index in [9.17, 15) is 43.2 Å². The zero-order valence-electron chi connectivity index (χ0n) is 65.7. The smallest absolute Gasteiger partial charge is 0.462 e. The number of carbonyl (C=O) groups excluding carboxylic acids is 4. The molecule has 0 heterocycles. The highest BCUT2D eigenvalue weighted by molar-refractivity contribution is 7.47. The summed E-state index contributed by atoms with van der Waals surface area (Å²) in [7, 11) is -9.92. The standard InChI is InChI=1S/C81H158O17P2/c1-8-10-11-12-13-31-41-48-55-62-78(83)91-68-77(98-81(86)65-58-51-44-37-36-40-47-54-61-74(7)9-2)71-96-100(89,90)94-67-75(82)66-93-99(87,88)95-70-76(69-92-79(84)63-56-49-42-34-29-25-22-18-20-24-28-33-39-46-53-60-73(5)6)97-80(85)64-57-50-43-35-30-26-21-17-15-14-16-19-23-27-32-38-45-52-59-72(3)4/h72-77,82H,8-71H2,1-7H3,(H,87,88)(H,89,90)/t74?,75-,76-,77-/m1/s1. The molecule has 0 saturated heterocycles. The molecule has 0 aliphatic heterocycles. The molecule has 0 radical (unpaired) electrons.